The Hall–Kier alpha value is -2.53. The third kappa shape index (κ3) is 4.35. The summed E-state index contributed by atoms with van der Waals surface area (Å²) in [5, 5.41) is 19.1. The molecule has 2 N–H and O–H groups in total. The molecular formula is C21H25NO4. The van der Waals surface area contributed by atoms with Crippen LogP contribution in [0.3, 0.4) is 0 Å². The number of hydrogen-bond donors (Lipinski definition) is 2. The molecule has 2 aromatic carbocycles. The van der Waals surface area contributed by atoms with Crippen LogP contribution in [-0.2, 0) is 16.0 Å². The molecular weight excluding hydrogens is 330 g/mol. The van der Waals surface area contributed by atoms with E-state index in [1.54, 1.807) is 24.3 Å². The van der Waals surface area contributed by atoms with Crippen molar-refractivity contribution in [2.75, 3.05) is 20.2 Å². The highest BCUT2D eigenvalue weighted by atomic mass is 16.5. The van der Waals surface area contributed by atoms with E-state index in [4.69, 9.17) is 4.74 Å². The Labute approximate surface area is 153 Å². The third-order valence-corrected chi connectivity index (χ3v) is 5.15. The molecule has 138 valence electrons. The molecule has 1 atom stereocenters. The second kappa shape index (κ2) is 8.23. The number of likely N-dealkylation sites (tertiary alicyclic amines) is 1. The zero-order chi connectivity index (χ0) is 18.5. The van der Waals surface area contributed by atoms with Crippen LogP contribution in [0.5, 0.6) is 11.5 Å². The Morgan fingerprint density at radius 3 is 2.12 bits per heavy atom. The number of ether oxygens (including phenoxy) is 1. The lowest BCUT2D eigenvalue weighted by atomic mass is 9.91. The van der Waals surface area contributed by atoms with E-state index in [1.807, 2.05) is 24.3 Å². The Morgan fingerprint density at radius 1 is 1.04 bits per heavy atom. The molecule has 5 heteroatoms. The molecule has 0 radical (unpaired) electrons. The minimum atomic E-state index is -0.121. The number of phenols is 2. The van der Waals surface area contributed by atoms with Crippen LogP contribution in [0.1, 0.15) is 30.0 Å². The van der Waals surface area contributed by atoms with Gasteiger partial charge in [0.25, 0.3) is 0 Å². The molecule has 1 saturated heterocycles. The minimum Gasteiger partial charge on any atom is -0.508 e. The van der Waals surface area contributed by atoms with Crippen molar-refractivity contribution in [2.24, 2.45) is 5.92 Å². The number of esters is 1. The van der Waals surface area contributed by atoms with Gasteiger partial charge in [0.1, 0.15) is 11.5 Å². The van der Waals surface area contributed by atoms with Crippen LogP contribution in [0, 0.1) is 5.92 Å². The van der Waals surface area contributed by atoms with Crippen LogP contribution in [0.2, 0.25) is 0 Å². The van der Waals surface area contributed by atoms with E-state index in [0.29, 0.717) is 0 Å². The van der Waals surface area contributed by atoms with Crippen molar-refractivity contribution >= 4 is 5.97 Å². The van der Waals surface area contributed by atoms with Crippen LogP contribution in [-0.4, -0.2) is 41.3 Å². The van der Waals surface area contributed by atoms with Crippen LogP contribution in [0.25, 0.3) is 0 Å². The van der Waals surface area contributed by atoms with Crippen LogP contribution < -0.4 is 0 Å². The second-order valence-electron chi connectivity index (χ2n) is 6.81. The Morgan fingerprint density at radius 2 is 1.58 bits per heavy atom. The summed E-state index contributed by atoms with van der Waals surface area (Å²) in [6, 6.07) is 14.7. The van der Waals surface area contributed by atoms with Crippen molar-refractivity contribution in [3.8, 4) is 11.5 Å². The first-order chi connectivity index (χ1) is 12.6. The van der Waals surface area contributed by atoms with Gasteiger partial charge in [-0.3, -0.25) is 9.69 Å². The van der Waals surface area contributed by atoms with E-state index < -0.39 is 0 Å². The monoisotopic (exact) mass is 355 g/mol. The number of rotatable bonds is 5. The number of benzene rings is 2. The van der Waals surface area contributed by atoms with E-state index in [2.05, 4.69) is 4.90 Å². The molecule has 0 aliphatic carbocycles. The lowest BCUT2D eigenvalue weighted by Gasteiger charge is -2.37. The molecule has 5 nitrogen and oxygen atoms in total. The van der Waals surface area contributed by atoms with Crippen molar-refractivity contribution in [1.29, 1.82) is 0 Å². The first-order valence-corrected chi connectivity index (χ1v) is 8.95. The minimum absolute atomic E-state index is 0.0228. The predicted octanol–water partition coefficient (Wildman–Crippen LogP) is 3.27. The molecule has 26 heavy (non-hydrogen) atoms. The largest absolute Gasteiger partial charge is 0.508 e. The van der Waals surface area contributed by atoms with Crippen molar-refractivity contribution in [2.45, 2.75) is 25.3 Å². The van der Waals surface area contributed by atoms with E-state index >= 15 is 0 Å². The summed E-state index contributed by atoms with van der Waals surface area (Å²) in [6.07, 6.45) is 2.38. The summed E-state index contributed by atoms with van der Waals surface area (Å²) < 4.78 is 4.88. The van der Waals surface area contributed by atoms with Gasteiger partial charge >= 0.3 is 5.97 Å². The molecule has 0 amide bonds. The topological polar surface area (TPSA) is 70.0 Å². The first kappa shape index (κ1) is 18.3. The number of methoxy groups -OCH3 is 1. The number of piperidine rings is 1. The lowest BCUT2D eigenvalue weighted by molar-refractivity contribution is -0.147. The maximum absolute atomic E-state index is 11.8. The van der Waals surface area contributed by atoms with Crippen LogP contribution in [0.15, 0.2) is 48.5 Å². The normalized spacial score (nSPS) is 17.0. The van der Waals surface area contributed by atoms with Gasteiger partial charge in [0.05, 0.1) is 13.0 Å². The smallest absolute Gasteiger partial charge is 0.308 e. The number of carbonyl (C=O) groups is 1. The average molecular weight is 355 g/mol. The maximum Gasteiger partial charge on any atom is 0.308 e. The van der Waals surface area contributed by atoms with E-state index in [-0.39, 0.29) is 29.4 Å². The summed E-state index contributed by atoms with van der Waals surface area (Å²) in [6.45, 7) is 1.65. The molecule has 0 bridgehead atoms. The van der Waals surface area contributed by atoms with Gasteiger partial charge in [-0.05, 0) is 67.7 Å². The van der Waals surface area contributed by atoms with Crippen molar-refractivity contribution < 1.29 is 19.7 Å². The van der Waals surface area contributed by atoms with E-state index in [9.17, 15) is 15.0 Å². The van der Waals surface area contributed by atoms with Crippen molar-refractivity contribution in [3.63, 3.8) is 0 Å². The highest BCUT2D eigenvalue weighted by molar-refractivity contribution is 5.72. The van der Waals surface area contributed by atoms with E-state index in [1.165, 1.54) is 7.11 Å². The van der Waals surface area contributed by atoms with Crippen LogP contribution >= 0.6 is 0 Å². The van der Waals surface area contributed by atoms with Gasteiger partial charge in [0, 0.05) is 6.04 Å². The molecule has 0 saturated carbocycles. The first-order valence-electron chi connectivity index (χ1n) is 8.95. The SMILES string of the molecule is COC(=O)C1CCN(C(Cc2ccc(O)cc2)c2ccc(O)cc2)CC1. The number of aromatic hydroxyl groups is 2. The maximum atomic E-state index is 11.8. The van der Waals surface area contributed by atoms with Gasteiger partial charge in [-0.1, -0.05) is 24.3 Å². The quantitative estimate of drug-likeness (QED) is 0.806. The molecule has 1 fully saturated rings. The van der Waals surface area contributed by atoms with Gasteiger partial charge in [-0.15, -0.1) is 0 Å². The fraction of sp³-hybridized carbons (Fsp3) is 0.381. The predicted molar refractivity (Wildman–Crippen MR) is 99.0 cm³/mol. The van der Waals surface area contributed by atoms with Crippen LogP contribution in [0.4, 0.5) is 0 Å². The highest BCUT2D eigenvalue weighted by Gasteiger charge is 2.30. The Balaban J connectivity index is 1.78. The Kier molecular flexibility index (Phi) is 5.78. The molecule has 1 heterocycles. The summed E-state index contributed by atoms with van der Waals surface area (Å²) in [5.74, 6) is 0.366. The zero-order valence-corrected chi connectivity index (χ0v) is 15.0. The highest BCUT2D eigenvalue weighted by Crippen LogP contribution is 2.31. The number of carbonyl (C=O) groups excluding carboxylic acids is 1. The lowest BCUT2D eigenvalue weighted by Crippen LogP contribution is -2.39. The van der Waals surface area contributed by atoms with E-state index in [0.717, 1.165) is 43.5 Å². The average Bonchev–Trinajstić information content (AvgIpc) is 2.68. The molecule has 0 spiro atoms. The molecule has 1 aliphatic heterocycles. The standard InChI is InChI=1S/C21H25NO4/c1-26-21(25)17-10-12-22(13-11-17)20(16-4-8-19(24)9-5-16)14-15-2-6-18(23)7-3-15/h2-9,17,20,23-24H,10-14H2,1H3. The zero-order valence-electron chi connectivity index (χ0n) is 15.0. The number of phenolic OH excluding ortho intramolecular Hbond substituents is 2. The summed E-state index contributed by atoms with van der Waals surface area (Å²) in [5.41, 5.74) is 2.27. The third-order valence-electron chi connectivity index (χ3n) is 5.15. The fourth-order valence-electron chi connectivity index (χ4n) is 3.62. The molecule has 3 rings (SSSR count). The van der Waals surface area contributed by atoms with Gasteiger partial charge in [0.2, 0.25) is 0 Å². The van der Waals surface area contributed by atoms with Crippen molar-refractivity contribution in [3.05, 3.63) is 59.7 Å². The van der Waals surface area contributed by atoms with Gasteiger partial charge < -0.3 is 14.9 Å². The molecule has 1 unspecified atom stereocenters. The Bertz CT molecular complexity index is 719. The summed E-state index contributed by atoms with van der Waals surface area (Å²) in [4.78, 5) is 14.2. The summed E-state index contributed by atoms with van der Waals surface area (Å²) in [7, 11) is 1.44. The fourth-order valence-corrected chi connectivity index (χ4v) is 3.62. The number of hydrogen-bond acceptors (Lipinski definition) is 5. The van der Waals surface area contributed by atoms with Gasteiger partial charge in [-0.2, -0.15) is 0 Å². The second-order valence-corrected chi connectivity index (χ2v) is 6.81. The number of nitrogens with zero attached hydrogens (tertiary/aromatic N) is 1. The summed E-state index contributed by atoms with van der Waals surface area (Å²) >= 11 is 0. The van der Waals surface area contributed by atoms with Gasteiger partial charge in [0.15, 0.2) is 0 Å². The van der Waals surface area contributed by atoms with Crippen molar-refractivity contribution in [1.82, 2.24) is 4.90 Å². The molecule has 1 aliphatic rings. The van der Waals surface area contributed by atoms with Gasteiger partial charge in [-0.25, -0.2) is 0 Å². The molecule has 0 aromatic heterocycles. The molecule has 2 aromatic rings.